The van der Waals surface area contributed by atoms with Gasteiger partial charge < -0.3 is 4.90 Å². The Morgan fingerprint density at radius 1 is 1.13 bits per heavy atom. The molecular weight excluding hydrogens is 312 g/mol. The van der Waals surface area contributed by atoms with Gasteiger partial charge in [0.25, 0.3) is 5.91 Å². The number of nitrogens with zero attached hydrogens (tertiary/aromatic N) is 2. The number of aromatic nitrogens is 1. The Morgan fingerprint density at radius 2 is 1.83 bits per heavy atom. The Labute approximate surface area is 135 Å². The van der Waals surface area contributed by atoms with Crippen molar-refractivity contribution in [3.05, 3.63) is 60.4 Å². The van der Waals surface area contributed by atoms with Crippen molar-refractivity contribution in [1.82, 2.24) is 9.88 Å². The van der Waals surface area contributed by atoms with Crippen molar-refractivity contribution in [2.24, 2.45) is 0 Å². The zero-order chi connectivity index (χ0) is 16.3. The highest BCUT2D eigenvalue weighted by atomic mass is 32.2. The van der Waals surface area contributed by atoms with Crippen molar-refractivity contribution in [3.8, 4) is 0 Å². The van der Waals surface area contributed by atoms with Crippen molar-refractivity contribution in [1.29, 1.82) is 0 Å². The van der Waals surface area contributed by atoms with E-state index in [1.165, 1.54) is 0 Å². The molecule has 0 bridgehead atoms. The maximum absolute atomic E-state index is 12.6. The van der Waals surface area contributed by atoms with Crippen LogP contribution in [0.25, 0.3) is 0 Å². The quantitative estimate of drug-likeness (QED) is 0.861. The lowest BCUT2D eigenvalue weighted by Gasteiger charge is -2.24. The van der Waals surface area contributed by atoms with Crippen LogP contribution in [0, 0.1) is 0 Å². The average Bonchev–Trinajstić information content (AvgIpc) is 3.03. The normalized spacial score (nSPS) is 18.1. The molecule has 0 N–H and O–H groups in total. The summed E-state index contributed by atoms with van der Waals surface area (Å²) in [5, 5.41) is 0. The molecule has 1 aromatic carbocycles. The summed E-state index contributed by atoms with van der Waals surface area (Å²) in [6, 6.07) is 11.4. The summed E-state index contributed by atoms with van der Waals surface area (Å²) in [4.78, 5) is 18.5. The molecule has 23 heavy (non-hydrogen) atoms. The lowest BCUT2D eigenvalue weighted by atomic mass is 10.2. The minimum Gasteiger partial charge on any atom is -0.335 e. The predicted octanol–water partition coefficient (Wildman–Crippen LogP) is 2.16. The minimum atomic E-state index is -3.40. The second-order valence-electron chi connectivity index (χ2n) is 5.62. The Balaban J connectivity index is 1.79. The van der Waals surface area contributed by atoms with E-state index in [1.54, 1.807) is 59.8 Å². The first kappa shape index (κ1) is 15.7. The summed E-state index contributed by atoms with van der Waals surface area (Å²) in [6.07, 6.45) is 4.67. The lowest BCUT2D eigenvalue weighted by molar-refractivity contribution is 0.0749. The number of rotatable bonds is 4. The molecule has 5 nitrogen and oxygen atoms in total. The van der Waals surface area contributed by atoms with Crippen LogP contribution in [0.15, 0.2) is 59.8 Å². The predicted molar refractivity (Wildman–Crippen MR) is 86.8 cm³/mol. The fourth-order valence-corrected chi connectivity index (χ4v) is 4.53. The topological polar surface area (TPSA) is 67.3 Å². The van der Waals surface area contributed by atoms with E-state index in [0.717, 1.165) is 6.42 Å². The van der Waals surface area contributed by atoms with Crippen LogP contribution in [0.5, 0.6) is 0 Å². The van der Waals surface area contributed by atoms with Gasteiger partial charge in [0.2, 0.25) is 0 Å². The number of hydrogen-bond donors (Lipinski definition) is 0. The van der Waals surface area contributed by atoms with Crippen LogP contribution in [0.2, 0.25) is 0 Å². The molecule has 6 heteroatoms. The highest BCUT2D eigenvalue weighted by molar-refractivity contribution is 7.91. The largest absolute Gasteiger partial charge is 0.335 e. The number of pyridine rings is 1. The highest BCUT2D eigenvalue weighted by Crippen LogP contribution is 2.23. The standard InChI is InChI=1S/C17H18N2O3S/c20-17(14-8-10-18-11-9-14)19-12-4-5-15(19)13-23(21,22)16-6-2-1-3-7-16/h1-3,6-11,15H,4-5,12-13H2/t15-/m1/s1. The van der Waals surface area contributed by atoms with Crippen LogP contribution in [-0.2, 0) is 9.84 Å². The highest BCUT2D eigenvalue weighted by Gasteiger charge is 2.33. The van der Waals surface area contributed by atoms with Gasteiger partial charge >= 0.3 is 0 Å². The molecule has 3 rings (SSSR count). The van der Waals surface area contributed by atoms with E-state index in [4.69, 9.17) is 0 Å². The van der Waals surface area contributed by atoms with Gasteiger partial charge in [0.15, 0.2) is 9.84 Å². The second-order valence-corrected chi connectivity index (χ2v) is 7.66. The maximum Gasteiger partial charge on any atom is 0.254 e. The van der Waals surface area contributed by atoms with Gasteiger partial charge in [-0.3, -0.25) is 9.78 Å². The monoisotopic (exact) mass is 330 g/mol. The number of carbonyl (C=O) groups is 1. The van der Waals surface area contributed by atoms with Gasteiger partial charge in [-0.15, -0.1) is 0 Å². The molecule has 0 unspecified atom stereocenters. The first-order chi connectivity index (χ1) is 11.1. The molecule has 0 radical (unpaired) electrons. The van der Waals surface area contributed by atoms with E-state index >= 15 is 0 Å². The zero-order valence-electron chi connectivity index (χ0n) is 12.6. The van der Waals surface area contributed by atoms with Crippen LogP contribution in [-0.4, -0.2) is 42.5 Å². The van der Waals surface area contributed by atoms with Crippen LogP contribution >= 0.6 is 0 Å². The van der Waals surface area contributed by atoms with E-state index in [9.17, 15) is 13.2 Å². The van der Waals surface area contributed by atoms with Gasteiger partial charge in [0.1, 0.15) is 0 Å². The van der Waals surface area contributed by atoms with Crippen molar-refractivity contribution < 1.29 is 13.2 Å². The molecule has 0 aliphatic carbocycles. The Morgan fingerprint density at radius 3 is 2.52 bits per heavy atom. The van der Waals surface area contributed by atoms with E-state index in [-0.39, 0.29) is 17.7 Å². The van der Waals surface area contributed by atoms with Crippen molar-refractivity contribution >= 4 is 15.7 Å². The molecular formula is C17H18N2O3S. The summed E-state index contributed by atoms with van der Waals surface area (Å²) in [5.74, 6) is -0.161. The molecule has 2 heterocycles. The van der Waals surface area contributed by atoms with Crippen LogP contribution < -0.4 is 0 Å². The Kier molecular flexibility index (Phi) is 4.43. The Hall–Kier alpha value is -2.21. The zero-order valence-corrected chi connectivity index (χ0v) is 13.4. The molecule has 1 aliphatic heterocycles. The number of amides is 1. The van der Waals surface area contributed by atoms with Gasteiger partial charge in [-0.2, -0.15) is 0 Å². The summed E-state index contributed by atoms with van der Waals surface area (Å²) in [6.45, 7) is 0.593. The van der Waals surface area contributed by atoms with Crippen molar-refractivity contribution in [2.75, 3.05) is 12.3 Å². The van der Waals surface area contributed by atoms with Gasteiger partial charge in [0, 0.05) is 30.5 Å². The molecule has 120 valence electrons. The number of sulfone groups is 1. The van der Waals surface area contributed by atoms with Crippen molar-refractivity contribution in [3.63, 3.8) is 0 Å². The minimum absolute atomic E-state index is 0.0339. The first-order valence-electron chi connectivity index (χ1n) is 7.57. The number of hydrogen-bond acceptors (Lipinski definition) is 4. The van der Waals surface area contributed by atoms with E-state index in [1.807, 2.05) is 0 Å². The van der Waals surface area contributed by atoms with Crippen molar-refractivity contribution in [2.45, 2.75) is 23.8 Å². The smallest absolute Gasteiger partial charge is 0.254 e. The third kappa shape index (κ3) is 3.42. The lowest BCUT2D eigenvalue weighted by Crippen LogP contribution is -2.39. The van der Waals surface area contributed by atoms with Crippen LogP contribution in [0.3, 0.4) is 0 Å². The molecule has 1 aliphatic rings. The molecule has 1 saturated heterocycles. The molecule has 1 atom stereocenters. The van der Waals surface area contributed by atoms with Gasteiger partial charge in [0.05, 0.1) is 10.6 Å². The molecule has 0 spiro atoms. The molecule has 0 saturated carbocycles. The summed E-state index contributed by atoms with van der Waals surface area (Å²) in [7, 11) is -3.40. The van der Waals surface area contributed by atoms with Gasteiger partial charge in [-0.25, -0.2) is 8.42 Å². The summed E-state index contributed by atoms with van der Waals surface area (Å²) in [5.41, 5.74) is 0.545. The van der Waals surface area contributed by atoms with E-state index in [0.29, 0.717) is 23.4 Å². The maximum atomic E-state index is 12.6. The molecule has 2 aromatic rings. The summed E-state index contributed by atoms with van der Waals surface area (Å²) >= 11 is 0. The van der Waals surface area contributed by atoms with Gasteiger partial charge in [-0.1, -0.05) is 18.2 Å². The number of benzene rings is 1. The third-order valence-corrected chi connectivity index (χ3v) is 5.89. The molecule has 1 aromatic heterocycles. The molecule has 1 fully saturated rings. The summed E-state index contributed by atoms with van der Waals surface area (Å²) < 4.78 is 25.1. The second kappa shape index (κ2) is 6.50. The SMILES string of the molecule is O=C(c1ccncc1)N1CCC[C@@H]1CS(=O)(=O)c1ccccc1. The number of carbonyl (C=O) groups excluding carboxylic acids is 1. The van der Waals surface area contributed by atoms with Crippen LogP contribution in [0.4, 0.5) is 0 Å². The fourth-order valence-electron chi connectivity index (χ4n) is 2.91. The fraction of sp³-hybridized carbons (Fsp3) is 0.294. The average molecular weight is 330 g/mol. The first-order valence-corrected chi connectivity index (χ1v) is 9.22. The van der Waals surface area contributed by atoms with Gasteiger partial charge in [-0.05, 0) is 37.1 Å². The molecule has 1 amide bonds. The third-order valence-electron chi connectivity index (χ3n) is 4.08. The van der Waals surface area contributed by atoms with E-state index < -0.39 is 9.84 Å². The number of likely N-dealkylation sites (tertiary alicyclic amines) is 1. The van der Waals surface area contributed by atoms with E-state index in [2.05, 4.69) is 4.98 Å². The van der Waals surface area contributed by atoms with Crippen LogP contribution in [0.1, 0.15) is 23.2 Å². The Bertz CT molecular complexity index is 776.